The predicted octanol–water partition coefficient (Wildman–Crippen LogP) is 2.92. The Morgan fingerprint density at radius 1 is 1.09 bits per heavy atom. The first-order valence-corrected chi connectivity index (χ1v) is 7.09. The van der Waals surface area contributed by atoms with Gasteiger partial charge in [-0.25, -0.2) is 9.18 Å². The predicted molar refractivity (Wildman–Crippen MR) is 82.8 cm³/mol. The van der Waals surface area contributed by atoms with Gasteiger partial charge in [-0.1, -0.05) is 42.5 Å². The van der Waals surface area contributed by atoms with Gasteiger partial charge in [-0.2, -0.15) is 0 Å². The van der Waals surface area contributed by atoms with E-state index < -0.39 is 6.10 Å². The van der Waals surface area contributed by atoms with E-state index in [1.165, 1.54) is 24.3 Å². The Morgan fingerprint density at radius 2 is 1.73 bits per heavy atom. The summed E-state index contributed by atoms with van der Waals surface area (Å²) in [5.74, 6) is -0.363. The second-order valence-electron chi connectivity index (χ2n) is 5.05. The second kappa shape index (κ2) is 7.56. The molecule has 2 atom stereocenters. The van der Waals surface area contributed by atoms with Crippen molar-refractivity contribution in [3.05, 3.63) is 71.5 Å². The van der Waals surface area contributed by atoms with Crippen molar-refractivity contribution in [2.24, 2.45) is 0 Å². The lowest BCUT2D eigenvalue weighted by Crippen LogP contribution is -2.39. The number of rotatable bonds is 5. The zero-order valence-corrected chi connectivity index (χ0v) is 12.3. The van der Waals surface area contributed by atoms with E-state index in [9.17, 15) is 14.3 Å². The van der Waals surface area contributed by atoms with Gasteiger partial charge < -0.3 is 15.7 Å². The Bertz CT molecular complexity index is 602. The van der Waals surface area contributed by atoms with Crippen molar-refractivity contribution < 1.29 is 14.3 Å². The summed E-state index contributed by atoms with van der Waals surface area (Å²) in [7, 11) is 0. The number of nitrogens with one attached hydrogen (secondary N) is 2. The largest absolute Gasteiger partial charge is 0.387 e. The van der Waals surface area contributed by atoms with Gasteiger partial charge in [0.2, 0.25) is 0 Å². The van der Waals surface area contributed by atoms with Crippen LogP contribution in [0.25, 0.3) is 0 Å². The van der Waals surface area contributed by atoms with Gasteiger partial charge in [-0.05, 0) is 30.2 Å². The van der Waals surface area contributed by atoms with Crippen LogP contribution in [-0.4, -0.2) is 17.7 Å². The highest BCUT2D eigenvalue weighted by atomic mass is 19.1. The molecule has 2 rings (SSSR count). The van der Waals surface area contributed by atoms with E-state index in [4.69, 9.17) is 0 Å². The normalized spacial score (nSPS) is 13.2. The molecule has 0 aliphatic heterocycles. The zero-order valence-electron chi connectivity index (χ0n) is 12.3. The number of hydrogen-bond acceptors (Lipinski definition) is 2. The highest BCUT2D eigenvalue weighted by Gasteiger charge is 2.12. The van der Waals surface area contributed by atoms with E-state index >= 15 is 0 Å². The molecule has 0 spiro atoms. The summed E-state index contributed by atoms with van der Waals surface area (Å²) < 4.78 is 12.8. The molecule has 2 amide bonds. The van der Waals surface area contributed by atoms with E-state index in [1.807, 2.05) is 37.3 Å². The zero-order chi connectivity index (χ0) is 15.9. The summed E-state index contributed by atoms with van der Waals surface area (Å²) >= 11 is 0. The molecule has 0 saturated carbocycles. The molecule has 2 unspecified atom stereocenters. The first-order valence-electron chi connectivity index (χ1n) is 7.09. The van der Waals surface area contributed by atoms with Gasteiger partial charge >= 0.3 is 6.03 Å². The molecule has 4 nitrogen and oxygen atoms in total. The fraction of sp³-hybridized carbons (Fsp3) is 0.235. The van der Waals surface area contributed by atoms with Crippen LogP contribution in [0.15, 0.2) is 54.6 Å². The highest BCUT2D eigenvalue weighted by molar-refractivity contribution is 5.74. The van der Waals surface area contributed by atoms with E-state index in [-0.39, 0.29) is 24.4 Å². The lowest BCUT2D eigenvalue weighted by Gasteiger charge is -2.17. The number of benzene rings is 2. The molecule has 0 aliphatic carbocycles. The molecule has 0 aromatic heterocycles. The molecular weight excluding hydrogens is 283 g/mol. The second-order valence-corrected chi connectivity index (χ2v) is 5.05. The van der Waals surface area contributed by atoms with Crippen molar-refractivity contribution in [1.82, 2.24) is 10.6 Å². The lowest BCUT2D eigenvalue weighted by molar-refractivity contribution is 0.172. The van der Waals surface area contributed by atoms with Gasteiger partial charge in [0, 0.05) is 6.54 Å². The van der Waals surface area contributed by atoms with E-state index in [0.29, 0.717) is 5.56 Å². The third kappa shape index (κ3) is 4.56. The van der Waals surface area contributed by atoms with Crippen LogP contribution in [0, 0.1) is 5.82 Å². The Balaban J connectivity index is 1.81. The van der Waals surface area contributed by atoms with Crippen LogP contribution in [0.5, 0.6) is 0 Å². The van der Waals surface area contributed by atoms with Gasteiger partial charge in [0.15, 0.2) is 0 Å². The summed E-state index contributed by atoms with van der Waals surface area (Å²) in [4.78, 5) is 11.8. The summed E-state index contributed by atoms with van der Waals surface area (Å²) in [6.45, 7) is 1.93. The quantitative estimate of drug-likeness (QED) is 0.795. The number of halogens is 1. The number of hydrogen-bond donors (Lipinski definition) is 3. The average Bonchev–Trinajstić information content (AvgIpc) is 2.54. The highest BCUT2D eigenvalue weighted by Crippen LogP contribution is 2.13. The molecule has 2 aromatic carbocycles. The van der Waals surface area contributed by atoms with E-state index in [1.54, 1.807) is 0 Å². The minimum absolute atomic E-state index is 0.0545. The van der Waals surface area contributed by atoms with Crippen LogP contribution in [0.2, 0.25) is 0 Å². The maximum Gasteiger partial charge on any atom is 0.315 e. The minimum Gasteiger partial charge on any atom is -0.387 e. The van der Waals surface area contributed by atoms with Gasteiger partial charge in [0.25, 0.3) is 0 Å². The maximum absolute atomic E-state index is 12.8. The number of aliphatic hydroxyl groups excluding tert-OH is 1. The van der Waals surface area contributed by atoms with Crippen LogP contribution >= 0.6 is 0 Å². The Labute approximate surface area is 129 Å². The molecule has 0 heterocycles. The van der Waals surface area contributed by atoms with Crippen LogP contribution in [0.1, 0.15) is 30.2 Å². The van der Waals surface area contributed by atoms with Crippen molar-refractivity contribution >= 4 is 6.03 Å². The SMILES string of the molecule is CC(NC(=O)NCC(O)c1ccc(F)cc1)c1ccccc1. The van der Waals surface area contributed by atoms with Gasteiger partial charge in [-0.15, -0.1) is 0 Å². The molecule has 0 saturated heterocycles. The van der Waals surface area contributed by atoms with E-state index in [2.05, 4.69) is 10.6 Å². The van der Waals surface area contributed by atoms with Crippen molar-refractivity contribution in [2.45, 2.75) is 19.1 Å². The van der Waals surface area contributed by atoms with Gasteiger partial charge in [-0.3, -0.25) is 0 Å². The van der Waals surface area contributed by atoms with Crippen molar-refractivity contribution in [2.75, 3.05) is 6.54 Å². The number of urea groups is 1. The first kappa shape index (κ1) is 16.0. The van der Waals surface area contributed by atoms with Crippen molar-refractivity contribution in [1.29, 1.82) is 0 Å². The average molecular weight is 302 g/mol. The monoisotopic (exact) mass is 302 g/mol. The Hall–Kier alpha value is -2.40. The topological polar surface area (TPSA) is 61.4 Å². The number of aliphatic hydroxyl groups is 1. The van der Waals surface area contributed by atoms with Crippen molar-refractivity contribution in [3.8, 4) is 0 Å². The Morgan fingerprint density at radius 3 is 2.36 bits per heavy atom. The summed E-state index contributed by atoms with van der Waals surface area (Å²) in [6, 6.07) is 14.6. The van der Waals surface area contributed by atoms with Crippen LogP contribution in [0.4, 0.5) is 9.18 Å². The van der Waals surface area contributed by atoms with Crippen LogP contribution in [0.3, 0.4) is 0 Å². The van der Waals surface area contributed by atoms with Gasteiger partial charge in [0.05, 0.1) is 12.1 Å². The standard InChI is InChI=1S/C17H19FN2O2/c1-12(13-5-3-2-4-6-13)20-17(22)19-11-16(21)14-7-9-15(18)10-8-14/h2-10,12,16,21H,11H2,1H3,(H2,19,20,22). The molecule has 3 N–H and O–H groups in total. The molecule has 2 aromatic rings. The number of carbonyl (C=O) groups excluding carboxylic acids is 1. The first-order chi connectivity index (χ1) is 10.6. The molecule has 22 heavy (non-hydrogen) atoms. The molecule has 0 radical (unpaired) electrons. The maximum atomic E-state index is 12.8. The summed E-state index contributed by atoms with van der Waals surface area (Å²) in [5.41, 5.74) is 1.55. The van der Waals surface area contributed by atoms with E-state index in [0.717, 1.165) is 5.56 Å². The number of amides is 2. The van der Waals surface area contributed by atoms with Gasteiger partial charge in [0.1, 0.15) is 5.82 Å². The van der Waals surface area contributed by atoms with Crippen LogP contribution in [-0.2, 0) is 0 Å². The smallest absolute Gasteiger partial charge is 0.315 e. The van der Waals surface area contributed by atoms with Crippen LogP contribution < -0.4 is 10.6 Å². The molecule has 0 bridgehead atoms. The summed E-state index contributed by atoms with van der Waals surface area (Å²) in [6.07, 6.45) is -0.876. The molecule has 5 heteroatoms. The fourth-order valence-corrected chi connectivity index (χ4v) is 2.06. The summed E-state index contributed by atoms with van der Waals surface area (Å²) in [5, 5.41) is 15.3. The Kier molecular flexibility index (Phi) is 5.49. The minimum atomic E-state index is -0.876. The number of carbonyl (C=O) groups is 1. The van der Waals surface area contributed by atoms with Crippen molar-refractivity contribution in [3.63, 3.8) is 0 Å². The third-order valence-electron chi connectivity index (χ3n) is 3.36. The third-order valence-corrected chi connectivity index (χ3v) is 3.36. The molecule has 116 valence electrons. The lowest BCUT2D eigenvalue weighted by atomic mass is 10.1. The molecular formula is C17H19FN2O2. The molecule has 0 aliphatic rings. The fourth-order valence-electron chi connectivity index (χ4n) is 2.06. The molecule has 0 fully saturated rings.